The van der Waals surface area contributed by atoms with Crippen LogP contribution >= 0.6 is 0 Å². The van der Waals surface area contributed by atoms with Gasteiger partial charge >= 0.3 is 5.97 Å². The number of hydrogen-bond donors (Lipinski definition) is 2. The first-order valence-corrected chi connectivity index (χ1v) is 5.11. The molecule has 0 fully saturated rings. The van der Waals surface area contributed by atoms with E-state index in [0.717, 1.165) is 0 Å². The summed E-state index contributed by atoms with van der Waals surface area (Å²) < 4.78 is 5.09. The molecule has 15 heavy (non-hydrogen) atoms. The van der Waals surface area contributed by atoms with E-state index in [1.54, 1.807) is 20.8 Å². The van der Waals surface area contributed by atoms with Crippen LogP contribution in [0.5, 0.6) is 0 Å². The van der Waals surface area contributed by atoms with Crippen molar-refractivity contribution in [2.24, 2.45) is 11.1 Å². The molecule has 0 saturated carbocycles. The molecule has 2 atom stereocenters. The lowest BCUT2D eigenvalue weighted by molar-refractivity contribution is -0.161. The Morgan fingerprint density at radius 3 is 1.87 bits per heavy atom. The lowest BCUT2D eigenvalue weighted by Gasteiger charge is -2.31. The maximum Gasteiger partial charge on any atom is 0.326 e. The molecule has 0 aromatic carbocycles. The van der Waals surface area contributed by atoms with Crippen molar-refractivity contribution in [2.75, 3.05) is 0 Å². The van der Waals surface area contributed by atoms with Crippen LogP contribution in [0.3, 0.4) is 0 Å². The summed E-state index contributed by atoms with van der Waals surface area (Å²) in [5.41, 5.74) is 4.62. The standard InChI is InChI=1S/C11H23NO3/c1-10(2,3)8(13)7(12)9(14)15-11(4,5)6/h7-8,13H,12H2,1-6H3/t7-,8+/m0/s1. The van der Waals surface area contributed by atoms with Gasteiger partial charge in [0, 0.05) is 0 Å². The summed E-state index contributed by atoms with van der Waals surface area (Å²) in [4.78, 5) is 11.5. The fraction of sp³-hybridized carbons (Fsp3) is 0.909. The number of ether oxygens (including phenoxy) is 1. The smallest absolute Gasteiger partial charge is 0.326 e. The lowest BCUT2D eigenvalue weighted by Crippen LogP contribution is -2.50. The molecule has 0 radical (unpaired) electrons. The van der Waals surface area contributed by atoms with Gasteiger partial charge in [0.1, 0.15) is 11.6 Å². The van der Waals surface area contributed by atoms with Crippen LogP contribution in [0.15, 0.2) is 0 Å². The predicted molar refractivity (Wildman–Crippen MR) is 59.3 cm³/mol. The molecule has 0 bridgehead atoms. The number of aliphatic hydroxyl groups is 1. The lowest BCUT2D eigenvalue weighted by atomic mass is 9.85. The topological polar surface area (TPSA) is 72.5 Å². The van der Waals surface area contributed by atoms with Crippen LogP contribution in [0, 0.1) is 5.41 Å². The van der Waals surface area contributed by atoms with Gasteiger partial charge in [0.2, 0.25) is 0 Å². The summed E-state index contributed by atoms with van der Waals surface area (Å²) >= 11 is 0. The first kappa shape index (κ1) is 14.4. The van der Waals surface area contributed by atoms with Gasteiger partial charge in [-0.15, -0.1) is 0 Å². The van der Waals surface area contributed by atoms with Gasteiger partial charge in [-0.25, -0.2) is 0 Å². The molecule has 0 heterocycles. The molecule has 0 aliphatic carbocycles. The number of hydrogen-bond acceptors (Lipinski definition) is 4. The SMILES string of the molecule is CC(C)(C)OC(=O)[C@@H](N)[C@@H](O)C(C)(C)C. The quantitative estimate of drug-likeness (QED) is 0.678. The summed E-state index contributed by atoms with van der Waals surface area (Å²) in [6, 6.07) is -0.996. The van der Waals surface area contributed by atoms with Crippen LogP contribution in [0.25, 0.3) is 0 Å². The van der Waals surface area contributed by atoms with Crippen LogP contribution in [0.4, 0.5) is 0 Å². The monoisotopic (exact) mass is 217 g/mol. The van der Waals surface area contributed by atoms with Gasteiger partial charge < -0.3 is 15.6 Å². The van der Waals surface area contributed by atoms with Gasteiger partial charge in [0.25, 0.3) is 0 Å². The molecule has 0 unspecified atom stereocenters. The van der Waals surface area contributed by atoms with Crippen LogP contribution < -0.4 is 5.73 Å². The third kappa shape index (κ3) is 5.14. The molecule has 0 aliphatic heterocycles. The minimum absolute atomic E-state index is 0.434. The second-order valence-corrected chi connectivity index (χ2v) is 5.87. The highest BCUT2D eigenvalue weighted by molar-refractivity contribution is 5.76. The number of carbonyl (C=O) groups is 1. The molecule has 0 amide bonds. The van der Waals surface area contributed by atoms with Crippen LogP contribution in [-0.4, -0.2) is 28.8 Å². The molecular weight excluding hydrogens is 194 g/mol. The van der Waals surface area contributed by atoms with Crippen molar-refractivity contribution in [3.05, 3.63) is 0 Å². The molecule has 0 aliphatic rings. The minimum atomic E-state index is -0.996. The van der Waals surface area contributed by atoms with Gasteiger partial charge in [-0.3, -0.25) is 4.79 Å². The normalized spacial score (nSPS) is 17.1. The maximum atomic E-state index is 11.5. The molecule has 4 nitrogen and oxygen atoms in total. The fourth-order valence-corrected chi connectivity index (χ4v) is 1.04. The van der Waals surface area contributed by atoms with Crippen molar-refractivity contribution < 1.29 is 14.6 Å². The molecule has 90 valence electrons. The second kappa shape index (κ2) is 4.49. The van der Waals surface area contributed by atoms with Crippen molar-refractivity contribution in [1.29, 1.82) is 0 Å². The summed E-state index contributed by atoms with van der Waals surface area (Å²) in [7, 11) is 0. The van der Waals surface area contributed by atoms with Crippen molar-refractivity contribution in [1.82, 2.24) is 0 Å². The van der Waals surface area contributed by atoms with Gasteiger partial charge in [-0.2, -0.15) is 0 Å². The Kier molecular flexibility index (Phi) is 4.31. The minimum Gasteiger partial charge on any atom is -0.459 e. The van der Waals surface area contributed by atoms with Crippen molar-refractivity contribution in [2.45, 2.75) is 59.3 Å². The summed E-state index contributed by atoms with van der Waals surface area (Å²) in [5.74, 6) is -0.565. The highest BCUT2D eigenvalue weighted by atomic mass is 16.6. The van der Waals surface area contributed by atoms with Crippen LogP contribution in [-0.2, 0) is 9.53 Å². The van der Waals surface area contributed by atoms with Gasteiger partial charge in [-0.1, -0.05) is 20.8 Å². The molecule has 4 heteroatoms. The third-order valence-electron chi connectivity index (χ3n) is 1.91. The largest absolute Gasteiger partial charge is 0.459 e. The zero-order chi connectivity index (χ0) is 12.4. The Morgan fingerprint density at radius 1 is 1.20 bits per heavy atom. The highest BCUT2D eigenvalue weighted by Gasteiger charge is 2.34. The molecular formula is C11H23NO3. The van der Waals surface area contributed by atoms with Crippen molar-refractivity contribution in [3.8, 4) is 0 Å². The Labute approximate surface area is 91.8 Å². The Bertz CT molecular complexity index is 225. The van der Waals surface area contributed by atoms with E-state index in [0.29, 0.717) is 0 Å². The van der Waals surface area contributed by atoms with Gasteiger partial charge in [0.05, 0.1) is 6.10 Å². The van der Waals surface area contributed by atoms with E-state index in [9.17, 15) is 9.90 Å². The molecule has 0 rings (SSSR count). The number of rotatable bonds is 2. The van der Waals surface area contributed by atoms with E-state index in [2.05, 4.69) is 0 Å². The molecule has 0 aromatic heterocycles. The Hall–Kier alpha value is -0.610. The van der Waals surface area contributed by atoms with E-state index in [1.165, 1.54) is 0 Å². The number of nitrogens with two attached hydrogens (primary N) is 1. The van der Waals surface area contributed by atoms with Gasteiger partial charge in [-0.05, 0) is 26.2 Å². The maximum absolute atomic E-state index is 11.5. The Morgan fingerprint density at radius 2 is 1.60 bits per heavy atom. The fourth-order valence-electron chi connectivity index (χ4n) is 1.04. The second-order valence-electron chi connectivity index (χ2n) is 5.87. The zero-order valence-electron chi connectivity index (χ0n) is 10.5. The average Bonchev–Trinajstić information content (AvgIpc) is 1.96. The average molecular weight is 217 g/mol. The molecule has 0 saturated heterocycles. The third-order valence-corrected chi connectivity index (χ3v) is 1.91. The zero-order valence-corrected chi connectivity index (χ0v) is 10.5. The van der Waals surface area contributed by atoms with Crippen molar-refractivity contribution in [3.63, 3.8) is 0 Å². The summed E-state index contributed by atoms with van der Waals surface area (Å²) in [5, 5.41) is 9.80. The number of aliphatic hydroxyl groups excluding tert-OH is 1. The van der Waals surface area contributed by atoms with Gasteiger partial charge in [0.15, 0.2) is 0 Å². The van der Waals surface area contributed by atoms with E-state index in [-0.39, 0.29) is 0 Å². The van der Waals surface area contributed by atoms with E-state index < -0.39 is 29.1 Å². The molecule has 0 aromatic rings. The van der Waals surface area contributed by atoms with E-state index in [4.69, 9.17) is 10.5 Å². The molecule has 0 spiro atoms. The Balaban J connectivity index is 4.46. The van der Waals surface area contributed by atoms with Crippen LogP contribution in [0.2, 0.25) is 0 Å². The number of esters is 1. The predicted octanol–water partition coefficient (Wildman–Crippen LogP) is 1.06. The van der Waals surface area contributed by atoms with E-state index in [1.807, 2.05) is 20.8 Å². The summed E-state index contributed by atoms with van der Waals surface area (Å²) in [6.45, 7) is 10.8. The first-order chi connectivity index (χ1) is 6.45. The summed E-state index contributed by atoms with van der Waals surface area (Å²) in [6.07, 6.45) is -0.910. The van der Waals surface area contributed by atoms with Crippen LogP contribution in [0.1, 0.15) is 41.5 Å². The number of carbonyl (C=O) groups excluding carboxylic acids is 1. The first-order valence-electron chi connectivity index (χ1n) is 5.11. The molecule has 3 N–H and O–H groups in total. The van der Waals surface area contributed by atoms with E-state index >= 15 is 0 Å². The highest BCUT2D eigenvalue weighted by Crippen LogP contribution is 2.22. The van der Waals surface area contributed by atoms with Crippen molar-refractivity contribution >= 4 is 5.97 Å².